The van der Waals surface area contributed by atoms with Gasteiger partial charge in [0.2, 0.25) is 0 Å². The predicted molar refractivity (Wildman–Crippen MR) is 118 cm³/mol. The Morgan fingerprint density at radius 3 is 2.80 bits per heavy atom. The Morgan fingerprint density at radius 1 is 1.20 bits per heavy atom. The molecular weight excluding hydrogens is 402 g/mol. The Hall–Kier alpha value is -2.90. The first-order chi connectivity index (χ1) is 14.6. The van der Waals surface area contributed by atoms with Gasteiger partial charge in [-0.15, -0.1) is 0 Å². The van der Waals surface area contributed by atoms with Crippen LogP contribution >= 0.6 is 11.6 Å². The van der Waals surface area contributed by atoms with E-state index >= 15 is 0 Å². The monoisotopic (exact) mass is 425 g/mol. The van der Waals surface area contributed by atoms with Gasteiger partial charge in [0, 0.05) is 37.6 Å². The molecule has 1 saturated heterocycles. The average molecular weight is 426 g/mol. The molecule has 0 radical (unpaired) electrons. The minimum Gasteiger partial charge on any atom is -0.487 e. The summed E-state index contributed by atoms with van der Waals surface area (Å²) in [4.78, 5) is 23.6. The van der Waals surface area contributed by atoms with Gasteiger partial charge in [-0.3, -0.25) is 14.3 Å². The minimum atomic E-state index is -0.181. The van der Waals surface area contributed by atoms with E-state index in [1.54, 1.807) is 41.4 Å². The van der Waals surface area contributed by atoms with Crippen molar-refractivity contribution >= 4 is 17.4 Å². The summed E-state index contributed by atoms with van der Waals surface area (Å²) in [6.07, 6.45) is 6.11. The number of halogens is 1. The smallest absolute Gasteiger partial charge is 0.258 e. The van der Waals surface area contributed by atoms with Gasteiger partial charge in [0.1, 0.15) is 18.2 Å². The predicted octanol–water partition coefficient (Wildman–Crippen LogP) is 3.05. The van der Waals surface area contributed by atoms with Crippen LogP contribution in [-0.4, -0.2) is 40.2 Å². The standard InChI is InChI=1S/C22H24ClN5O2/c1-2-24-17-7-9-27(14-17)21-6-5-19(13-26-21)28-10-8-20(11-22(28)29)30-15-18-4-3-16(23)12-25-18/h3-6,8,10-13,17,24H,2,7,9,14-15H2,1H3/t17-/m0/s1. The van der Waals surface area contributed by atoms with Gasteiger partial charge in [0.15, 0.2) is 0 Å². The molecule has 30 heavy (non-hydrogen) atoms. The van der Waals surface area contributed by atoms with Gasteiger partial charge in [-0.1, -0.05) is 18.5 Å². The van der Waals surface area contributed by atoms with Crippen molar-refractivity contribution in [1.82, 2.24) is 19.9 Å². The molecule has 1 aliphatic rings. The second kappa shape index (κ2) is 9.28. The van der Waals surface area contributed by atoms with Crippen molar-refractivity contribution in [2.45, 2.75) is 26.0 Å². The topological polar surface area (TPSA) is 72.3 Å². The van der Waals surface area contributed by atoms with Crippen LogP contribution in [0.5, 0.6) is 5.75 Å². The zero-order valence-electron chi connectivity index (χ0n) is 16.8. The van der Waals surface area contributed by atoms with E-state index in [2.05, 4.69) is 27.1 Å². The summed E-state index contributed by atoms with van der Waals surface area (Å²) in [5.41, 5.74) is 1.28. The molecule has 4 heterocycles. The third-order valence-electron chi connectivity index (χ3n) is 5.08. The maximum absolute atomic E-state index is 12.6. The Morgan fingerprint density at radius 2 is 2.10 bits per heavy atom. The molecule has 0 amide bonds. The number of anilines is 1. The number of rotatable bonds is 7. The van der Waals surface area contributed by atoms with E-state index in [4.69, 9.17) is 16.3 Å². The van der Waals surface area contributed by atoms with Crippen LogP contribution in [-0.2, 0) is 6.61 Å². The minimum absolute atomic E-state index is 0.181. The quantitative estimate of drug-likeness (QED) is 0.627. The number of nitrogens with zero attached hydrogens (tertiary/aromatic N) is 4. The van der Waals surface area contributed by atoms with Gasteiger partial charge in [0.25, 0.3) is 5.56 Å². The van der Waals surface area contributed by atoms with Crippen molar-refractivity contribution < 1.29 is 4.74 Å². The van der Waals surface area contributed by atoms with Gasteiger partial charge >= 0.3 is 0 Å². The molecule has 0 bridgehead atoms. The third-order valence-corrected chi connectivity index (χ3v) is 5.31. The van der Waals surface area contributed by atoms with Crippen molar-refractivity contribution in [3.05, 3.63) is 76.1 Å². The average Bonchev–Trinajstić information content (AvgIpc) is 3.23. The first-order valence-corrected chi connectivity index (χ1v) is 10.4. The van der Waals surface area contributed by atoms with Gasteiger partial charge in [-0.2, -0.15) is 0 Å². The number of ether oxygens (including phenoxy) is 1. The fourth-order valence-corrected chi connectivity index (χ4v) is 3.66. The molecule has 0 unspecified atom stereocenters. The fraction of sp³-hybridized carbons (Fsp3) is 0.318. The van der Waals surface area contributed by atoms with Gasteiger partial charge < -0.3 is 15.0 Å². The molecule has 4 rings (SSSR count). The lowest BCUT2D eigenvalue weighted by atomic mass is 10.3. The van der Waals surface area contributed by atoms with Crippen LogP contribution in [0.4, 0.5) is 5.82 Å². The van der Waals surface area contributed by atoms with Crippen LogP contribution in [0.1, 0.15) is 19.0 Å². The maximum Gasteiger partial charge on any atom is 0.258 e. The number of hydrogen-bond donors (Lipinski definition) is 1. The molecule has 1 N–H and O–H groups in total. The first-order valence-electron chi connectivity index (χ1n) is 10.0. The highest BCUT2D eigenvalue weighted by Crippen LogP contribution is 2.19. The van der Waals surface area contributed by atoms with Gasteiger partial charge in [-0.05, 0) is 43.3 Å². The van der Waals surface area contributed by atoms with E-state index in [9.17, 15) is 4.79 Å². The summed E-state index contributed by atoms with van der Waals surface area (Å²) in [5, 5.41) is 4.05. The lowest BCUT2D eigenvalue weighted by Gasteiger charge is -2.18. The molecule has 0 spiro atoms. The van der Waals surface area contributed by atoms with E-state index in [1.165, 1.54) is 6.07 Å². The van der Waals surface area contributed by atoms with Gasteiger partial charge in [0.05, 0.1) is 22.6 Å². The van der Waals surface area contributed by atoms with Crippen LogP contribution in [0.25, 0.3) is 5.69 Å². The Balaban J connectivity index is 1.41. The van der Waals surface area contributed by atoms with Crippen LogP contribution in [0.3, 0.4) is 0 Å². The molecule has 156 valence electrons. The first kappa shape index (κ1) is 20.4. The summed E-state index contributed by atoms with van der Waals surface area (Å²) in [5.74, 6) is 1.42. The second-order valence-electron chi connectivity index (χ2n) is 7.19. The highest BCUT2D eigenvalue weighted by molar-refractivity contribution is 6.30. The molecule has 3 aromatic heterocycles. The fourth-order valence-electron chi connectivity index (χ4n) is 3.54. The SMILES string of the molecule is CCN[C@H]1CCN(c2ccc(-n3ccc(OCc4ccc(Cl)cn4)cc3=O)cn2)C1. The second-order valence-corrected chi connectivity index (χ2v) is 7.63. The lowest BCUT2D eigenvalue weighted by molar-refractivity contribution is 0.300. The van der Waals surface area contributed by atoms with E-state index in [0.717, 1.165) is 43.3 Å². The Kier molecular flexibility index (Phi) is 6.30. The summed E-state index contributed by atoms with van der Waals surface area (Å²) < 4.78 is 7.22. The summed E-state index contributed by atoms with van der Waals surface area (Å²) >= 11 is 5.83. The van der Waals surface area contributed by atoms with E-state index in [-0.39, 0.29) is 12.2 Å². The Bertz CT molecular complexity index is 1040. The molecule has 1 atom stereocenters. The molecule has 3 aromatic rings. The number of pyridine rings is 3. The molecule has 7 nitrogen and oxygen atoms in total. The van der Waals surface area contributed by atoms with E-state index in [1.807, 2.05) is 12.1 Å². The zero-order chi connectivity index (χ0) is 20.9. The summed E-state index contributed by atoms with van der Waals surface area (Å²) in [6.45, 7) is 5.30. The van der Waals surface area contributed by atoms with Crippen molar-refractivity contribution in [1.29, 1.82) is 0 Å². The molecule has 1 fully saturated rings. The van der Waals surface area contributed by atoms with Crippen LogP contribution in [0, 0.1) is 0 Å². The van der Waals surface area contributed by atoms with E-state index < -0.39 is 0 Å². The number of nitrogens with one attached hydrogen (secondary N) is 1. The highest BCUT2D eigenvalue weighted by atomic mass is 35.5. The van der Waals surface area contributed by atoms with Crippen molar-refractivity contribution in [2.24, 2.45) is 0 Å². The van der Waals surface area contributed by atoms with Crippen LogP contribution < -0.4 is 20.5 Å². The normalized spacial score (nSPS) is 16.1. The number of likely N-dealkylation sites (N-methyl/N-ethyl adjacent to an activating group) is 1. The summed E-state index contributed by atoms with van der Waals surface area (Å²) in [7, 11) is 0. The third kappa shape index (κ3) is 4.80. The van der Waals surface area contributed by atoms with E-state index in [0.29, 0.717) is 16.8 Å². The summed E-state index contributed by atoms with van der Waals surface area (Å²) in [6, 6.07) is 11.2. The molecular formula is C22H24ClN5O2. The van der Waals surface area contributed by atoms with Crippen LogP contribution in [0.2, 0.25) is 5.02 Å². The largest absolute Gasteiger partial charge is 0.487 e. The molecule has 8 heteroatoms. The lowest BCUT2D eigenvalue weighted by Crippen LogP contribution is -2.32. The van der Waals surface area contributed by atoms with Crippen molar-refractivity contribution in [3.8, 4) is 11.4 Å². The van der Waals surface area contributed by atoms with Crippen LogP contribution in [0.15, 0.2) is 59.8 Å². The molecule has 0 saturated carbocycles. The maximum atomic E-state index is 12.6. The molecule has 0 aliphatic carbocycles. The highest BCUT2D eigenvalue weighted by Gasteiger charge is 2.22. The number of hydrogen-bond acceptors (Lipinski definition) is 6. The van der Waals surface area contributed by atoms with Crippen molar-refractivity contribution in [3.63, 3.8) is 0 Å². The zero-order valence-corrected chi connectivity index (χ0v) is 17.5. The molecule has 0 aromatic carbocycles. The molecule has 1 aliphatic heterocycles. The van der Waals surface area contributed by atoms with Gasteiger partial charge in [-0.25, -0.2) is 4.98 Å². The van der Waals surface area contributed by atoms with Crippen molar-refractivity contribution in [2.75, 3.05) is 24.5 Å². The number of aromatic nitrogens is 3. The Labute approximate surface area is 180 Å².